The van der Waals surface area contributed by atoms with Crippen molar-refractivity contribution in [3.8, 4) is 0 Å². The number of ether oxygens (including phenoxy) is 1. The Hall–Kier alpha value is -1.54. The second-order valence-corrected chi connectivity index (χ2v) is 6.54. The fourth-order valence-electron chi connectivity index (χ4n) is 2.79. The van der Waals surface area contributed by atoms with Crippen LogP contribution >= 0.6 is 11.8 Å². The number of carboxylic acid groups (broad SMARTS) is 1. The normalized spacial score (nSPS) is 22.2. The number of aromatic nitrogens is 4. The number of aryl methyl sites for hydroxylation is 2. The van der Waals surface area contributed by atoms with Crippen molar-refractivity contribution in [2.45, 2.75) is 31.0 Å². The van der Waals surface area contributed by atoms with Gasteiger partial charge in [-0.3, -0.25) is 14.0 Å². The molecule has 0 bridgehead atoms. The molecule has 0 aliphatic carbocycles. The number of imidazole rings is 1. The molecule has 0 amide bonds. The first-order valence-electron chi connectivity index (χ1n) is 6.77. The molecule has 8 heteroatoms. The SMILES string of the molecule is Cc1nn(C)c2c1nc(SCC(=O)O)n2C1(C)CCOC1. The van der Waals surface area contributed by atoms with Gasteiger partial charge in [-0.1, -0.05) is 11.8 Å². The lowest BCUT2D eigenvalue weighted by Crippen LogP contribution is -2.31. The van der Waals surface area contributed by atoms with Crippen molar-refractivity contribution in [2.75, 3.05) is 19.0 Å². The summed E-state index contributed by atoms with van der Waals surface area (Å²) >= 11 is 1.24. The largest absolute Gasteiger partial charge is 0.481 e. The van der Waals surface area contributed by atoms with Gasteiger partial charge in [-0.25, -0.2) is 4.98 Å². The van der Waals surface area contributed by atoms with Crippen molar-refractivity contribution in [1.29, 1.82) is 0 Å². The Kier molecular flexibility index (Phi) is 3.45. The first kappa shape index (κ1) is 14.4. The average molecular weight is 310 g/mol. The molecule has 2 aromatic rings. The summed E-state index contributed by atoms with van der Waals surface area (Å²) in [7, 11) is 1.89. The van der Waals surface area contributed by atoms with Crippen molar-refractivity contribution in [3.05, 3.63) is 5.69 Å². The van der Waals surface area contributed by atoms with E-state index in [1.54, 1.807) is 0 Å². The Morgan fingerprint density at radius 2 is 2.33 bits per heavy atom. The van der Waals surface area contributed by atoms with E-state index in [2.05, 4.69) is 21.6 Å². The number of rotatable bonds is 4. The molecule has 0 radical (unpaired) electrons. The van der Waals surface area contributed by atoms with Gasteiger partial charge in [0.15, 0.2) is 10.8 Å². The van der Waals surface area contributed by atoms with Gasteiger partial charge in [0, 0.05) is 13.7 Å². The van der Waals surface area contributed by atoms with Gasteiger partial charge in [-0.05, 0) is 20.3 Å². The summed E-state index contributed by atoms with van der Waals surface area (Å²) in [6, 6.07) is 0. The molecule has 1 N–H and O–H groups in total. The maximum absolute atomic E-state index is 10.9. The topological polar surface area (TPSA) is 82.2 Å². The Morgan fingerprint density at radius 1 is 1.57 bits per heavy atom. The van der Waals surface area contributed by atoms with Crippen molar-refractivity contribution in [1.82, 2.24) is 19.3 Å². The van der Waals surface area contributed by atoms with Crippen molar-refractivity contribution in [3.63, 3.8) is 0 Å². The molecular weight excluding hydrogens is 292 g/mol. The highest BCUT2D eigenvalue weighted by atomic mass is 32.2. The number of carboxylic acids is 1. The minimum absolute atomic E-state index is 0.00721. The zero-order valence-corrected chi connectivity index (χ0v) is 13.1. The number of hydrogen-bond acceptors (Lipinski definition) is 5. The third-order valence-corrected chi connectivity index (χ3v) is 4.76. The standard InChI is InChI=1S/C13H18N4O3S/c1-8-10-11(16(3)15-8)17(13(2)4-5-20-7-13)12(14-10)21-6-9(18)19/h4-7H2,1-3H3,(H,18,19). The van der Waals surface area contributed by atoms with E-state index < -0.39 is 5.97 Å². The highest BCUT2D eigenvalue weighted by Gasteiger charge is 2.36. The Bertz CT molecular complexity index is 700. The lowest BCUT2D eigenvalue weighted by atomic mass is 10.0. The van der Waals surface area contributed by atoms with Crippen LogP contribution in [-0.4, -0.2) is 49.4 Å². The number of hydrogen-bond donors (Lipinski definition) is 1. The lowest BCUT2D eigenvalue weighted by molar-refractivity contribution is -0.133. The number of fused-ring (bicyclic) bond motifs is 1. The number of thioether (sulfide) groups is 1. The first-order chi connectivity index (χ1) is 9.92. The van der Waals surface area contributed by atoms with Crippen LogP contribution < -0.4 is 0 Å². The lowest BCUT2D eigenvalue weighted by Gasteiger charge is -2.26. The molecule has 0 saturated carbocycles. The molecule has 1 aliphatic rings. The van der Waals surface area contributed by atoms with E-state index in [1.165, 1.54) is 11.8 Å². The second-order valence-electron chi connectivity index (χ2n) is 5.59. The van der Waals surface area contributed by atoms with Crippen LogP contribution in [-0.2, 0) is 22.1 Å². The van der Waals surface area contributed by atoms with Crippen molar-refractivity contribution in [2.24, 2.45) is 7.05 Å². The van der Waals surface area contributed by atoms with Gasteiger partial charge in [0.1, 0.15) is 5.52 Å². The molecule has 1 atom stereocenters. The van der Waals surface area contributed by atoms with Crippen LogP contribution in [0.4, 0.5) is 0 Å². The summed E-state index contributed by atoms with van der Waals surface area (Å²) in [4.78, 5) is 15.5. The zero-order valence-electron chi connectivity index (χ0n) is 12.3. The molecule has 1 saturated heterocycles. The highest BCUT2D eigenvalue weighted by Crippen LogP contribution is 2.36. The Morgan fingerprint density at radius 3 is 2.95 bits per heavy atom. The van der Waals surface area contributed by atoms with Crippen LogP contribution in [0, 0.1) is 6.92 Å². The summed E-state index contributed by atoms with van der Waals surface area (Å²) in [6.45, 7) is 5.34. The van der Waals surface area contributed by atoms with Gasteiger partial charge < -0.3 is 9.84 Å². The molecular formula is C13H18N4O3S. The highest BCUT2D eigenvalue weighted by molar-refractivity contribution is 7.99. The molecule has 0 spiro atoms. The quantitative estimate of drug-likeness (QED) is 0.859. The first-order valence-corrected chi connectivity index (χ1v) is 7.76. The summed E-state index contributed by atoms with van der Waals surface area (Å²) in [5.74, 6) is -0.853. The van der Waals surface area contributed by atoms with E-state index in [1.807, 2.05) is 18.7 Å². The molecule has 114 valence electrons. The maximum Gasteiger partial charge on any atom is 0.313 e. The molecule has 0 aromatic carbocycles. The number of nitrogens with zero attached hydrogens (tertiary/aromatic N) is 4. The van der Waals surface area contributed by atoms with Gasteiger partial charge in [-0.2, -0.15) is 5.10 Å². The van der Waals surface area contributed by atoms with E-state index >= 15 is 0 Å². The summed E-state index contributed by atoms with van der Waals surface area (Å²) in [5, 5.41) is 14.1. The molecule has 2 aromatic heterocycles. The van der Waals surface area contributed by atoms with Crippen LogP contribution in [0.25, 0.3) is 11.2 Å². The second kappa shape index (κ2) is 5.03. The van der Waals surface area contributed by atoms with E-state index in [0.717, 1.165) is 28.4 Å². The van der Waals surface area contributed by atoms with Crippen molar-refractivity contribution >= 4 is 28.9 Å². The smallest absolute Gasteiger partial charge is 0.313 e. The van der Waals surface area contributed by atoms with Gasteiger partial charge in [0.05, 0.1) is 23.6 Å². The molecule has 7 nitrogen and oxygen atoms in total. The van der Waals surface area contributed by atoms with Crippen LogP contribution in [0.15, 0.2) is 5.16 Å². The monoisotopic (exact) mass is 310 g/mol. The van der Waals surface area contributed by atoms with Crippen LogP contribution in [0.1, 0.15) is 19.0 Å². The molecule has 1 aliphatic heterocycles. The molecule has 21 heavy (non-hydrogen) atoms. The molecule has 3 rings (SSSR count). The minimum Gasteiger partial charge on any atom is -0.481 e. The molecule has 3 heterocycles. The number of carbonyl (C=O) groups is 1. The van der Waals surface area contributed by atoms with E-state index in [4.69, 9.17) is 9.84 Å². The summed E-state index contributed by atoms with van der Waals surface area (Å²) < 4.78 is 9.47. The van der Waals surface area contributed by atoms with E-state index in [0.29, 0.717) is 13.2 Å². The fraction of sp³-hybridized carbons (Fsp3) is 0.615. The van der Waals surface area contributed by atoms with Crippen LogP contribution in [0.2, 0.25) is 0 Å². The maximum atomic E-state index is 10.9. The molecule has 1 unspecified atom stereocenters. The van der Waals surface area contributed by atoms with Gasteiger partial charge in [0.2, 0.25) is 0 Å². The Balaban J connectivity index is 2.16. The Labute approximate surface area is 126 Å². The van der Waals surface area contributed by atoms with Crippen LogP contribution in [0.3, 0.4) is 0 Å². The average Bonchev–Trinajstić information content (AvgIpc) is 3.06. The third kappa shape index (κ3) is 2.32. The van der Waals surface area contributed by atoms with Gasteiger partial charge >= 0.3 is 5.97 Å². The molecule has 1 fully saturated rings. The number of aliphatic carboxylic acids is 1. The summed E-state index contributed by atoms with van der Waals surface area (Å²) in [6.07, 6.45) is 0.878. The van der Waals surface area contributed by atoms with Gasteiger partial charge in [-0.15, -0.1) is 0 Å². The predicted molar refractivity (Wildman–Crippen MR) is 78.7 cm³/mol. The predicted octanol–water partition coefficient (Wildman–Crippen LogP) is 1.39. The van der Waals surface area contributed by atoms with E-state index in [-0.39, 0.29) is 11.3 Å². The van der Waals surface area contributed by atoms with Gasteiger partial charge in [0.25, 0.3) is 0 Å². The van der Waals surface area contributed by atoms with Crippen LogP contribution in [0.5, 0.6) is 0 Å². The van der Waals surface area contributed by atoms with Crippen molar-refractivity contribution < 1.29 is 14.6 Å². The fourth-order valence-corrected chi connectivity index (χ4v) is 3.64. The summed E-state index contributed by atoms with van der Waals surface area (Å²) in [5.41, 5.74) is 2.40. The third-order valence-electron chi connectivity index (χ3n) is 3.83. The van der Waals surface area contributed by atoms with E-state index in [9.17, 15) is 4.79 Å². The zero-order chi connectivity index (χ0) is 15.2. The minimum atomic E-state index is -0.846.